The zero-order valence-corrected chi connectivity index (χ0v) is 14.3. The maximum Gasteiger partial charge on any atom is 0.433 e. The van der Waals surface area contributed by atoms with Gasteiger partial charge in [-0.1, -0.05) is 0 Å². The summed E-state index contributed by atoms with van der Waals surface area (Å²) in [4.78, 5) is 24.0. The van der Waals surface area contributed by atoms with E-state index in [9.17, 15) is 18.0 Å². The summed E-state index contributed by atoms with van der Waals surface area (Å²) in [5.74, 6) is 0.646. The van der Waals surface area contributed by atoms with Crippen molar-refractivity contribution in [2.24, 2.45) is 0 Å². The third-order valence-electron chi connectivity index (χ3n) is 4.29. The molecule has 0 bridgehead atoms. The Morgan fingerprint density at radius 3 is 2.56 bits per heavy atom. The van der Waals surface area contributed by atoms with Crippen LogP contribution in [-0.4, -0.2) is 39.2 Å². The Kier molecular flexibility index (Phi) is 5.68. The molecular weight excluding hydrogens is 361 g/mol. The number of hydrogen-bond acceptors (Lipinski definition) is 6. The normalized spacial score (nSPS) is 15.9. The average molecular weight is 378 g/mol. The molecule has 0 saturated carbocycles. The number of alkyl halides is 3. The van der Waals surface area contributed by atoms with Gasteiger partial charge in [0, 0.05) is 31.0 Å². The molecule has 0 amide bonds. The fraction of sp³-hybridized carbons (Fsp3) is 0.333. The number of halogens is 3. The molecule has 2 aromatic heterocycles. The standard InChI is InChI=1S/C18H17F3N4O2/c19-18(20,21)16-3-2-14(10-23-16)27-17-15(11-22-12-24-17)13-4-7-25(8-5-13)6-1-9-26/h1-3,6,9-13H,4-5,7-8H2. The lowest BCUT2D eigenvalue weighted by Crippen LogP contribution is -2.28. The maximum absolute atomic E-state index is 12.6. The first-order chi connectivity index (χ1) is 13.0. The van der Waals surface area contributed by atoms with E-state index in [2.05, 4.69) is 19.9 Å². The molecule has 3 rings (SSSR count). The Balaban J connectivity index is 1.71. The van der Waals surface area contributed by atoms with Crippen molar-refractivity contribution in [3.05, 3.63) is 54.4 Å². The van der Waals surface area contributed by atoms with Crippen LogP contribution >= 0.6 is 0 Å². The van der Waals surface area contributed by atoms with E-state index in [0.717, 1.165) is 50.0 Å². The molecule has 0 spiro atoms. The molecule has 142 valence electrons. The van der Waals surface area contributed by atoms with Gasteiger partial charge in [-0.2, -0.15) is 13.2 Å². The molecule has 0 aliphatic carbocycles. The summed E-state index contributed by atoms with van der Waals surface area (Å²) in [5, 5.41) is 0. The van der Waals surface area contributed by atoms with Gasteiger partial charge < -0.3 is 9.64 Å². The molecule has 1 aliphatic heterocycles. The number of pyridine rings is 1. The second-order valence-electron chi connectivity index (χ2n) is 6.05. The van der Waals surface area contributed by atoms with Crippen molar-refractivity contribution >= 4 is 6.29 Å². The van der Waals surface area contributed by atoms with Gasteiger partial charge in [-0.15, -0.1) is 0 Å². The first-order valence-electron chi connectivity index (χ1n) is 8.34. The van der Waals surface area contributed by atoms with Gasteiger partial charge in [0.25, 0.3) is 0 Å². The van der Waals surface area contributed by atoms with Crippen molar-refractivity contribution in [3.63, 3.8) is 0 Å². The van der Waals surface area contributed by atoms with Crippen LogP contribution in [0.15, 0.2) is 43.1 Å². The molecule has 0 radical (unpaired) electrons. The third-order valence-corrected chi connectivity index (χ3v) is 4.29. The van der Waals surface area contributed by atoms with Crippen molar-refractivity contribution < 1.29 is 22.7 Å². The second-order valence-corrected chi connectivity index (χ2v) is 6.05. The fourth-order valence-corrected chi connectivity index (χ4v) is 2.93. The van der Waals surface area contributed by atoms with Gasteiger partial charge in [0.1, 0.15) is 24.1 Å². The van der Waals surface area contributed by atoms with Crippen molar-refractivity contribution in [1.82, 2.24) is 19.9 Å². The lowest BCUT2D eigenvalue weighted by atomic mass is 9.91. The van der Waals surface area contributed by atoms with Crippen LogP contribution in [0.1, 0.15) is 30.0 Å². The summed E-state index contributed by atoms with van der Waals surface area (Å²) in [6.45, 7) is 1.54. The molecule has 1 aliphatic rings. The summed E-state index contributed by atoms with van der Waals surface area (Å²) < 4.78 is 43.5. The van der Waals surface area contributed by atoms with E-state index in [1.807, 2.05) is 0 Å². The highest BCUT2D eigenvalue weighted by atomic mass is 19.4. The Bertz CT molecular complexity index is 801. The number of carbonyl (C=O) groups is 1. The van der Waals surface area contributed by atoms with Crippen LogP contribution in [0.4, 0.5) is 13.2 Å². The van der Waals surface area contributed by atoms with Gasteiger partial charge in [0.2, 0.25) is 5.88 Å². The highest BCUT2D eigenvalue weighted by Crippen LogP contribution is 2.35. The van der Waals surface area contributed by atoms with Crippen LogP contribution in [0.2, 0.25) is 0 Å². The predicted octanol–water partition coefficient (Wildman–Crippen LogP) is 3.57. The van der Waals surface area contributed by atoms with E-state index in [1.54, 1.807) is 12.4 Å². The SMILES string of the molecule is O=CC=CN1CCC(c2cncnc2Oc2ccc(C(F)(F)F)nc2)CC1. The summed E-state index contributed by atoms with van der Waals surface area (Å²) in [5.41, 5.74) is -0.176. The van der Waals surface area contributed by atoms with Crippen LogP contribution in [-0.2, 0) is 11.0 Å². The fourth-order valence-electron chi connectivity index (χ4n) is 2.93. The Labute approximate surface area is 153 Å². The van der Waals surface area contributed by atoms with E-state index in [1.165, 1.54) is 18.5 Å². The molecule has 1 saturated heterocycles. The molecule has 0 aromatic carbocycles. The number of allylic oxidation sites excluding steroid dienone is 1. The summed E-state index contributed by atoms with van der Waals surface area (Å²) in [7, 11) is 0. The molecule has 0 atom stereocenters. The smallest absolute Gasteiger partial charge is 0.433 e. The van der Waals surface area contributed by atoms with Gasteiger partial charge in [-0.25, -0.2) is 15.0 Å². The van der Waals surface area contributed by atoms with Crippen LogP contribution < -0.4 is 4.74 Å². The minimum atomic E-state index is -4.50. The number of aldehydes is 1. The molecule has 27 heavy (non-hydrogen) atoms. The zero-order chi connectivity index (χ0) is 19.3. The first-order valence-corrected chi connectivity index (χ1v) is 8.34. The van der Waals surface area contributed by atoms with Gasteiger partial charge in [0.15, 0.2) is 0 Å². The number of rotatable bonds is 5. The largest absolute Gasteiger partial charge is 0.437 e. The Morgan fingerprint density at radius 1 is 1.15 bits per heavy atom. The minimum Gasteiger partial charge on any atom is -0.437 e. The van der Waals surface area contributed by atoms with E-state index in [-0.39, 0.29) is 11.7 Å². The van der Waals surface area contributed by atoms with E-state index >= 15 is 0 Å². The number of aromatic nitrogens is 3. The third kappa shape index (κ3) is 4.81. The van der Waals surface area contributed by atoms with Crippen LogP contribution in [0.3, 0.4) is 0 Å². The van der Waals surface area contributed by atoms with E-state index < -0.39 is 11.9 Å². The highest BCUT2D eigenvalue weighted by Gasteiger charge is 2.32. The highest BCUT2D eigenvalue weighted by molar-refractivity contribution is 5.64. The van der Waals surface area contributed by atoms with Gasteiger partial charge in [0.05, 0.1) is 6.20 Å². The maximum atomic E-state index is 12.6. The summed E-state index contributed by atoms with van der Waals surface area (Å²) in [6, 6.07) is 2.09. The van der Waals surface area contributed by atoms with E-state index in [0.29, 0.717) is 5.88 Å². The van der Waals surface area contributed by atoms with Crippen LogP contribution in [0, 0.1) is 0 Å². The second kappa shape index (κ2) is 8.15. The first kappa shape index (κ1) is 18.8. The predicted molar refractivity (Wildman–Crippen MR) is 90.1 cm³/mol. The Morgan fingerprint density at radius 2 is 1.93 bits per heavy atom. The number of hydrogen-bond donors (Lipinski definition) is 0. The monoisotopic (exact) mass is 378 g/mol. The number of carbonyl (C=O) groups excluding carboxylic acids is 1. The molecule has 9 heteroatoms. The Hall–Kier alpha value is -2.97. The topological polar surface area (TPSA) is 68.2 Å². The lowest BCUT2D eigenvalue weighted by molar-refractivity contribution is -0.141. The van der Waals surface area contributed by atoms with Gasteiger partial charge in [-0.05, 0) is 37.0 Å². The number of ether oxygens (including phenoxy) is 1. The average Bonchev–Trinajstić information content (AvgIpc) is 2.67. The molecule has 2 aromatic rings. The number of piperidine rings is 1. The quantitative estimate of drug-likeness (QED) is 0.585. The zero-order valence-electron chi connectivity index (χ0n) is 14.3. The van der Waals surface area contributed by atoms with Crippen molar-refractivity contribution in [2.75, 3.05) is 13.1 Å². The van der Waals surface area contributed by atoms with Gasteiger partial charge in [-0.3, -0.25) is 4.79 Å². The molecule has 1 fully saturated rings. The van der Waals surface area contributed by atoms with Crippen molar-refractivity contribution in [1.29, 1.82) is 0 Å². The van der Waals surface area contributed by atoms with E-state index in [4.69, 9.17) is 4.74 Å². The van der Waals surface area contributed by atoms with Crippen molar-refractivity contribution in [2.45, 2.75) is 24.9 Å². The molecule has 3 heterocycles. The molecule has 0 N–H and O–H groups in total. The lowest BCUT2D eigenvalue weighted by Gasteiger charge is -2.31. The summed E-state index contributed by atoms with van der Waals surface area (Å²) in [6.07, 6.45) is 5.12. The number of likely N-dealkylation sites (tertiary alicyclic amines) is 1. The van der Waals surface area contributed by atoms with Crippen LogP contribution in [0.25, 0.3) is 0 Å². The van der Waals surface area contributed by atoms with Crippen molar-refractivity contribution in [3.8, 4) is 11.6 Å². The minimum absolute atomic E-state index is 0.157. The molecular formula is C18H17F3N4O2. The molecule has 0 unspecified atom stereocenters. The molecule has 6 nitrogen and oxygen atoms in total. The summed E-state index contributed by atoms with van der Waals surface area (Å²) >= 11 is 0. The van der Waals surface area contributed by atoms with Gasteiger partial charge >= 0.3 is 6.18 Å². The van der Waals surface area contributed by atoms with Crippen LogP contribution in [0.5, 0.6) is 11.6 Å². The number of nitrogens with zero attached hydrogens (tertiary/aromatic N) is 4.